The minimum Gasteiger partial charge on any atom is -0.398 e. The lowest BCUT2D eigenvalue weighted by Crippen LogP contribution is -2.53. The quantitative estimate of drug-likeness (QED) is 0.490. The average molecular weight is 470 g/mol. The Balaban J connectivity index is 2.40. The molecule has 0 aromatic heterocycles. The summed E-state index contributed by atoms with van der Waals surface area (Å²) < 4.78 is 41.3. The number of aliphatic hydroxyl groups is 1. The van der Waals surface area contributed by atoms with Gasteiger partial charge in [-0.2, -0.15) is 4.99 Å². The summed E-state index contributed by atoms with van der Waals surface area (Å²) in [6.45, 7) is 5.78. The molecule has 1 aliphatic rings. The number of piperidine rings is 1. The van der Waals surface area contributed by atoms with Gasteiger partial charge in [0, 0.05) is 42.5 Å². The van der Waals surface area contributed by atoms with E-state index >= 15 is 0 Å². The number of likely N-dealkylation sites (tertiary alicyclic amines) is 1. The zero-order valence-corrected chi connectivity index (χ0v) is 19.1. The summed E-state index contributed by atoms with van der Waals surface area (Å²) in [5.41, 5.74) is 5.55. The fraction of sp³-hybridized carbons (Fsp3) is 0.500. The van der Waals surface area contributed by atoms with Crippen LogP contribution < -0.4 is 16.4 Å². The molecule has 1 heterocycles. The van der Waals surface area contributed by atoms with Crippen molar-refractivity contribution in [1.29, 1.82) is 0 Å². The minimum atomic E-state index is -1.33. The number of amides is 3. The smallest absolute Gasteiger partial charge is 0.341 e. The second-order valence-corrected chi connectivity index (χ2v) is 8.95. The molecule has 1 aromatic carbocycles. The molecule has 0 radical (unpaired) electrons. The first-order valence-corrected chi connectivity index (χ1v) is 10.4. The molecule has 0 bridgehead atoms. The van der Waals surface area contributed by atoms with E-state index in [1.54, 1.807) is 27.8 Å². The standard InChI is InChI=1S/C22H30F3N5O3/c1-22(2,3)19(20(32)27-6-8-31)29-21(33)28-17-11-30(4)7-5-12(17)18(26)13-9-15(24)16(25)10-14(13)23/h9-10,19,31H,5-8,11,26H2,1-4H3,(H,27,32)(H,29,33). The maximum atomic E-state index is 14.3. The van der Waals surface area contributed by atoms with Crippen molar-refractivity contribution in [3.05, 3.63) is 40.7 Å². The van der Waals surface area contributed by atoms with E-state index in [-0.39, 0.29) is 36.7 Å². The van der Waals surface area contributed by atoms with Crippen LogP contribution in [0.25, 0.3) is 5.70 Å². The molecule has 0 aliphatic carbocycles. The predicted octanol–water partition coefficient (Wildman–Crippen LogP) is 1.78. The van der Waals surface area contributed by atoms with Gasteiger partial charge in [-0.05, 0) is 24.9 Å². The Morgan fingerprint density at radius 3 is 2.45 bits per heavy atom. The first-order chi connectivity index (χ1) is 15.3. The van der Waals surface area contributed by atoms with Crippen LogP contribution in [0, 0.1) is 22.9 Å². The van der Waals surface area contributed by atoms with E-state index in [9.17, 15) is 22.8 Å². The molecule has 182 valence electrons. The van der Waals surface area contributed by atoms with Crippen molar-refractivity contribution in [1.82, 2.24) is 15.5 Å². The summed E-state index contributed by atoms with van der Waals surface area (Å²) in [6, 6.07) is -0.675. The largest absolute Gasteiger partial charge is 0.398 e. The zero-order chi connectivity index (χ0) is 24.9. The number of nitrogens with two attached hydrogens (primary N) is 1. The molecule has 1 saturated heterocycles. The highest BCUT2D eigenvalue weighted by atomic mass is 19.2. The first-order valence-electron chi connectivity index (χ1n) is 10.4. The van der Waals surface area contributed by atoms with Crippen LogP contribution in [0.15, 0.2) is 22.7 Å². The van der Waals surface area contributed by atoms with Gasteiger partial charge >= 0.3 is 6.03 Å². The number of aliphatic imine (C=N–C) groups is 1. The van der Waals surface area contributed by atoms with Crippen molar-refractivity contribution >= 4 is 23.3 Å². The van der Waals surface area contributed by atoms with Crippen LogP contribution in [-0.2, 0) is 4.79 Å². The topological polar surface area (TPSA) is 120 Å². The van der Waals surface area contributed by atoms with E-state index in [1.807, 2.05) is 4.90 Å². The highest BCUT2D eigenvalue weighted by Crippen LogP contribution is 2.26. The number of rotatable bonds is 5. The Labute approximate surface area is 190 Å². The fourth-order valence-corrected chi connectivity index (χ4v) is 3.40. The molecular formula is C22H30F3N5O3. The summed E-state index contributed by atoms with van der Waals surface area (Å²) in [4.78, 5) is 31.1. The summed E-state index contributed by atoms with van der Waals surface area (Å²) in [5.74, 6) is -4.10. The lowest BCUT2D eigenvalue weighted by molar-refractivity contribution is -0.125. The van der Waals surface area contributed by atoms with E-state index in [1.165, 1.54) is 0 Å². The number of benzene rings is 1. The van der Waals surface area contributed by atoms with Crippen LogP contribution in [0.3, 0.4) is 0 Å². The number of urea groups is 1. The Bertz CT molecular complexity index is 973. The number of aliphatic hydroxyl groups excluding tert-OH is 1. The lowest BCUT2D eigenvalue weighted by atomic mass is 9.86. The van der Waals surface area contributed by atoms with Gasteiger partial charge in [-0.15, -0.1) is 0 Å². The Kier molecular flexibility index (Phi) is 8.62. The molecule has 2 rings (SSSR count). The van der Waals surface area contributed by atoms with Crippen molar-refractivity contribution in [2.45, 2.75) is 33.2 Å². The van der Waals surface area contributed by atoms with Crippen molar-refractivity contribution in [3.63, 3.8) is 0 Å². The second-order valence-electron chi connectivity index (χ2n) is 8.95. The first kappa shape index (κ1) is 26.3. The predicted molar refractivity (Wildman–Crippen MR) is 119 cm³/mol. The highest BCUT2D eigenvalue weighted by molar-refractivity contribution is 6.12. The molecule has 3 amide bonds. The molecule has 1 fully saturated rings. The third-order valence-corrected chi connectivity index (χ3v) is 5.18. The van der Waals surface area contributed by atoms with Gasteiger partial charge in [0.2, 0.25) is 5.91 Å². The number of hydrogen-bond donors (Lipinski definition) is 4. The van der Waals surface area contributed by atoms with Crippen molar-refractivity contribution in [2.24, 2.45) is 16.1 Å². The van der Waals surface area contributed by atoms with E-state index in [0.717, 1.165) is 0 Å². The van der Waals surface area contributed by atoms with E-state index in [4.69, 9.17) is 10.8 Å². The maximum absolute atomic E-state index is 14.3. The SMILES string of the molecule is CN1CCC(=C(N)c2cc(F)c(F)cc2F)C(=NC(=O)NC(C(=O)NCCO)C(C)(C)C)C1. The molecule has 8 nitrogen and oxygen atoms in total. The van der Waals surface area contributed by atoms with Crippen LogP contribution >= 0.6 is 0 Å². The van der Waals surface area contributed by atoms with Crippen LogP contribution in [-0.4, -0.2) is 67.0 Å². The van der Waals surface area contributed by atoms with Gasteiger partial charge in [-0.25, -0.2) is 18.0 Å². The van der Waals surface area contributed by atoms with E-state index in [0.29, 0.717) is 30.7 Å². The number of halogens is 3. The Morgan fingerprint density at radius 2 is 1.85 bits per heavy atom. The minimum absolute atomic E-state index is 0.0316. The van der Waals surface area contributed by atoms with Crippen LogP contribution in [0.1, 0.15) is 32.8 Å². The highest BCUT2D eigenvalue weighted by Gasteiger charge is 2.33. The van der Waals surface area contributed by atoms with Gasteiger partial charge in [-0.3, -0.25) is 4.79 Å². The average Bonchev–Trinajstić information content (AvgIpc) is 2.71. The number of hydrogen-bond acceptors (Lipinski definition) is 5. The van der Waals surface area contributed by atoms with Crippen LogP contribution in [0.5, 0.6) is 0 Å². The zero-order valence-electron chi connectivity index (χ0n) is 19.1. The number of carbonyl (C=O) groups is 2. The summed E-state index contributed by atoms with van der Waals surface area (Å²) in [6.07, 6.45) is 0.298. The third kappa shape index (κ3) is 6.78. The van der Waals surface area contributed by atoms with Gasteiger partial charge < -0.3 is 26.4 Å². The molecule has 1 aromatic rings. The van der Waals surface area contributed by atoms with Gasteiger partial charge in [0.25, 0.3) is 0 Å². The second kappa shape index (κ2) is 10.8. The Hall–Kier alpha value is -2.92. The molecule has 1 atom stereocenters. The number of nitrogens with one attached hydrogen (secondary N) is 2. The van der Waals surface area contributed by atoms with Crippen LogP contribution in [0.4, 0.5) is 18.0 Å². The van der Waals surface area contributed by atoms with Crippen molar-refractivity contribution < 1.29 is 27.9 Å². The molecule has 33 heavy (non-hydrogen) atoms. The Morgan fingerprint density at radius 1 is 1.21 bits per heavy atom. The van der Waals surface area contributed by atoms with Crippen LogP contribution in [0.2, 0.25) is 0 Å². The number of carbonyl (C=O) groups excluding carboxylic acids is 2. The van der Waals surface area contributed by atoms with Crippen molar-refractivity contribution in [2.75, 3.05) is 33.3 Å². The fourth-order valence-electron chi connectivity index (χ4n) is 3.40. The summed E-state index contributed by atoms with van der Waals surface area (Å²) in [7, 11) is 1.79. The summed E-state index contributed by atoms with van der Waals surface area (Å²) in [5, 5.41) is 14.0. The molecule has 0 saturated carbocycles. The molecule has 11 heteroatoms. The third-order valence-electron chi connectivity index (χ3n) is 5.18. The molecule has 5 N–H and O–H groups in total. The van der Waals surface area contributed by atoms with Crippen molar-refractivity contribution in [3.8, 4) is 0 Å². The van der Waals surface area contributed by atoms with E-state index in [2.05, 4.69) is 15.6 Å². The van der Waals surface area contributed by atoms with E-state index < -0.39 is 40.8 Å². The van der Waals surface area contributed by atoms with Gasteiger partial charge in [0.1, 0.15) is 11.9 Å². The molecule has 1 unspecified atom stereocenters. The van der Waals surface area contributed by atoms with Gasteiger partial charge in [-0.1, -0.05) is 20.8 Å². The summed E-state index contributed by atoms with van der Waals surface area (Å²) >= 11 is 0. The van der Waals surface area contributed by atoms with Gasteiger partial charge in [0.15, 0.2) is 11.6 Å². The molecular weight excluding hydrogens is 439 g/mol. The normalized spacial score (nSPS) is 18.7. The lowest BCUT2D eigenvalue weighted by Gasteiger charge is -2.30. The van der Waals surface area contributed by atoms with Gasteiger partial charge in [0.05, 0.1) is 12.3 Å². The molecule has 1 aliphatic heterocycles. The monoisotopic (exact) mass is 469 g/mol. The number of nitrogens with zero attached hydrogens (tertiary/aromatic N) is 2. The maximum Gasteiger partial charge on any atom is 0.341 e. The molecule has 0 spiro atoms.